The van der Waals surface area contributed by atoms with Crippen molar-refractivity contribution in [3.8, 4) is 0 Å². The Kier molecular flexibility index (Phi) is 5.49. The molecule has 0 spiro atoms. The van der Waals surface area contributed by atoms with Crippen LogP contribution in [0.1, 0.15) is 12.8 Å². The first-order valence-corrected chi connectivity index (χ1v) is 8.90. The molecule has 0 aliphatic heterocycles. The van der Waals surface area contributed by atoms with Gasteiger partial charge >= 0.3 is 0 Å². The van der Waals surface area contributed by atoms with Gasteiger partial charge < -0.3 is 0 Å². The minimum atomic E-state index is -4.73. The van der Waals surface area contributed by atoms with E-state index in [-0.39, 0.29) is 6.42 Å². The van der Waals surface area contributed by atoms with Gasteiger partial charge in [0.25, 0.3) is 30.4 Å². The Bertz CT molecular complexity index is 539. The second kappa shape index (κ2) is 5.58. The van der Waals surface area contributed by atoms with Crippen molar-refractivity contribution in [2.24, 2.45) is 0 Å². The van der Waals surface area contributed by atoms with E-state index in [1.807, 2.05) is 0 Å². The van der Waals surface area contributed by atoms with E-state index in [1.165, 1.54) is 0 Å². The van der Waals surface area contributed by atoms with E-state index < -0.39 is 53.5 Å². The second-order valence-electron chi connectivity index (χ2n) is 3.31. The zero-order valence-electron chi connectivity index (χ0n) is 8.42. The Morgan fingerprint density at radius 3 is 1.59 bits per heavy atom. The molecule has 3 N–H and O–H groups in total. The first kappa shape index (κ1) is 16.7. The quantitative estimate of drug-likeness (QED) is 0.490. The van der Waals surface area contributed by atoms with Crippen LogP contribution in [0.25, 0.3) is 0 Å². The van der Waals surface area contributed by atoms with Crippen molar-refractivity contribution >= 4 is 30.4 Å². The first-order valence-electron chi connectivity index (χ1n) is 4.18. The molecule has 17 heavy (non-hydrogen) atoms. The highest BCUT2D eigenvalue weighted by Gasteiger charge is 2.28. The molecule has 104 valence electrons. The average molecular weight is 312 g/mol. The van der Waals surface area contributed by atoms with Crippen LogP contribution in [0.2, 0.25) is 0 Å². The first-order chi connectivity index (χ1) is 7.31. The zero-order chi connectivity index (χ0) is 13.9. The van der Waals surface area contributed by atoms with Crippen LogP contribution in [0.4, 0.5) is 0 Å². The number of hydrogen-bond acceptors (Lipinski definition) is 6. The largest absolute Gasteiger partial charge is 0.286 e. The van der Waals surface area contributed by atoms with Crippen LogP contribution < -0.4 is 0 Å². The predicted molar refractivity (Wildman–Crippen MR) is 57.4 cm³/mol. The molecule has 0 heterocycles. The molecule has 1 atom stereocenters. The van der Waals surface area contributed by atoms with Gasteiger partial charge in [-0.2, -0.15) is 25.3 Å². The second-order valence-corrected chi connectivity index (χ2v) is 8.08. The molecule has 0 aliphatic carbocycles. The van der Waals surface area contributed by atoms with Gasteiger partial charge in [0.2, 0.25) is 0 Å². The van der Waals surface area contributed by atoms with Crippen LogP contribution in [0, 0.1) is 0 Å². The maximum absolute atomic E-state index is 10.7. The van der Waals surface area contributed by atoms with Crippen LogP contribution in [0.3, 0.4) is 0 Å². The van der Waals surface area contributed by atoms with Crippen LogP contribution in [0.15, 0.2) is 0 Å². The lowest BCUT2D eigenvalue weighted by Gasteiger charge is -2.11. The summed E-state index contributed by atoms with van der Waals surface area (Å²) >= 11 is 0. The van der Waals surface area contributed by atoms with Crippen LogP contribution in [-0.4, -0.2) is 55.7 Å². The average Bonchev–Trinajstić information content (AvgIpc) is 1.95. The van der Waals surface area contributed by atoms with Gasteiger partial charge in [-0.3, -0.25) is 13.7 Å². The molecule has 1 unspecified atom stereocenters. The summed E-state index contributed by atoms with van der Waals surface area (Å²) < 4.78 is 88.5. The third-order valence-corrected chi connectivity index (χ3v) is 4.83. The summed E-state index contributed by atoms with van der Waals surface area (Å²) in [6, 6.07) is 0. The summed E-state index contributed by atoms with van der Waals surface area (Å²) in [6.45, 7) is 0. The van der Waals surface area contributed by atoms with Crippen molar-refractivity contribution in [2.75, 3.05) is 11.5 Å². The van der Waals surface area contributed by atoms with Gasteiger partial charge in [0, 0.05) is 0 Å². The molecule has 0 bridgehead atoms. The van der Waals surface area contributed by atoms with Crippen LogP contribution in [-0.2, 0) is 30.4 Å². The Morgan fingerprint density at radius 2 is 1.29 bits per heavy atom. The summed E-state index contributed by atoms with van der Waals surface area (Å²) in [5.74, 6) is -2.01. The molecular weight excluding hydrogens is 300 g/mol. The molecule has 0 aliphatic rings. The molecule has 0 aromatic rings. The highest BCUT2D eigenvalue weighted by atomic mass is 32.2. The van der Waals surface area contributed by atoms with E-state index in [0.717, 1.165) is 0 Å². The van der Waals surface area contributed by atoms with Crippen molar-refractivity contribution in [3.05, 3.63) is 0 Å². The van der Waals surface area contributed by atoms with Gasteiger partial charge in [0.1, 0.15) is 5.25 Å². The lowest BCUT2D eigenvalue weighted by Crippen LogP contribution is -2.29. The fourth-order valence-electron chi connectivity index (χ4n) is 1.05. The molecule has 0 saturated heterocycles. The smallest absolute Gasteiger partial charge is 0.268 e. The van der Waals surface area contributed by atoms with E-state index >= 15 is 0 Å². The highest BCUT2D eigenvalue weighted by molar-refractivity contribution is 7.90. The van der Waals surface area contributed by atoms with Gasteiger partial charge in [0.05, 0.1) is 11.5 Å². The minimum Gasteiger partial charge on any atom is -0.286 e. The van der Waals surface area contributed by atoms with Crippen molar-refractivity contribution in [2.45, 2.75) is 18.1 Å². The molecular formula is C5H12O9S3. The highest BCUT2D eigenvalue weighted by Crippen LogP contribution is 2.10. The topological polar surface area (TPSA) is 163 Å². The zero-order valence-corrected chi connectivity index (χ0v) is 10.9. The minimum absolute atomic E-state index is 0.376. The van der Waals surface area contributed by atoms with Gasteiger partial charge in [-0.05, 0) is 12.8 Å². The Hall–Kier alpha value is -0.270. The number of rotatable bonds is 7. The van der Waals surface area contributed by atoms with E-state index in [4.69, 9.17) is 13.7 Å². The Labute approximate surface area is 99.1 Å². The lowest BCUT2D eigenvalue weighted by molar-refractivity contribution is 0.450. The SMILES string of the molecule is O=S(=O)(O)CCCC(CS(=O)(=O)O)S(=O)(=O)O. The molecule has 0 saturated carbocycles. The van der Waals surface area contributed by atoms with Crippen molar-refractivity contribution in [3.63, 3.8) is 0 Å². The third-order valence-electron chi connectivity index (χ3n) is 1.75. The van der Waals surface area contributed by atoms with Crippen molar-refractivity contribution in [1.29, 1.82) is 0 Å². The Morgan fingerprint density at radius 1 is 0.824 bits per heavy atom. The molecule has 0 amide bonds. The van der Waals surface area contributed by atoms with Crippen molar-refractivity contribution < 1.29 is 38.9 Å². The van der Waals surface area contributed by atoms with Crippen LogP contribution in [0.5, 0.6) is 0 Å². The van der Waals surface area contributed by atoms with E-state index in [1.54, 1.807) is 0 Å². The molecule has 12 heteroatoms. The molecule has 9 nitrogen and oxygen atoms in total. The summed E-state index contributed by atoms with van der Waals surface area (Å²) in [5.41, 5.74) is 0. The standard InChI is InChI=1S/C5H12O9S3/c6-15(7,8)3-1-2-5(17(12,13)14)4-16(9,10)11/h5H,1-4H2,(H,6,7,8)(H,9,10,11)(H,12,13,14). The summed E-state index contributed by atoms with van der Waals surface area (Å²) in [6.07, 6.45) is -0.906. The Balaban J connectivity index is 4.65. The predicted octanol–water partition coefficient (Wildman–Crippen LogP) is -1.20. The van der Waals surface area contributed by atoms with Gasteiger partial charge in [-0.15, -0.1) is 0 Å². The van der Waals surface area contributed by atoms with Gasteiger partial charge in [-0.1, -0.05) is 0 Å². The summed E-state index contributed by atoms with van der Waals surface area (Å²) in [5, 5.41) is -1.83. The molecule has 0 radical (unpaired) electrons. The van der Waals surface area contributed by atoms with E-state index in [2.05, 4.69) is 0 Å². The molecule has 0 aromatic heterocycles. The monoisotopic (exact) mass is 312 g/mol. The third kappa shape index (κ3) is 9.43. The molecule has 0 aromatic carbocycles. The maximum Gasteiger partial charge on any atom is 0.268 e. The maximum atomic E-state index is 10.7. The number of hydrogen-bond donors (Lipinski definition) is 3. The fraction of sp³-hybridized carbons (Fsp3) is 1.00. The van der Waals surface area contributed by atoms with E-state index in [9.17, 15) is 25.3 Å². The van der Waals surface area contributed by atoms with Crippen LogP contribution >= 0.6 is 0 Å². The fourth-order valence-corrected chi connectivity index (χ4v) is 3.88. The van der Waals surface area contributed by atoms with E-state index in [0.29, 0.717) is 0 Å². The lowest BCUT2D eigenvalue weighted by atomic mass is 10.3. The summed E-state index contributed by atoms with van der Waals surface area (Å²) in [7, 11) is -13.7. The van der Waals surface area contributed by atoms with Gasteiger partial charge in [0.15, 0.2) is 0 Å². The van der Waals surface area contributed by atoms with Gasteiger partial charge in [-0.25, -0.2) is 0 Å². The molecule has 0 rings (SSSR count). The normalized spacial score (nSPS) is 15.7. The summed E-state index contributed by atoms with van der Waals surface area (Å²) in [4.78, 5) is 0. The molecule has 0 fully saturated rings. The van der Waals surface area contributed by atoms with Crippen molar-refractivity contribution in [1.82, 2.24) is 0 Å².